The van der Waals surface area contributed by atoms with E-state index >= 15 is 0 Å². The molecule has 0 spiro atoms. The standard InChI is InChI=1S/C19H26N4O4S/c1-28(26,27)22-11-9-20(10-12-22)18-7-6-16-5-4-15(13-23(16)18)19(25)21-8-2-3-17(24)14-21/h4-7,13,17,24H,2-3,8-12,14H2,1H3/t17-/m1/s1. The van der Waals surface area contributed by atoms with E-state index in [4.69, 9.17) is 0 Å². The van der Waals surface area contributed by atoms with Gasteiger partial charge in [-0.15, -0.1) is 0 Å². The molecule has 0 aromatic carbocycles. The molecule has 2 aliphatic rings. The van der Waals surface area contributed by atoms with Gasteiger partial charge in [-0.1, -0.05) is 0 Å². The van der Waals surface area contributed by atoms with Crippen LogP contribution in [-0.2, 0) is 10.0 Å². The van der Waals surface area contributed by atoms with Crippen molar-refractivity contribution in [2.75, 3.05) is 50.4 Å². The highest BCUT2D eigenvalue weighted by Gasteiger charge is 2.26. The molecule has 2 aromatic heterocycles. The molecule has 28 heavy (non-hydrogen) atoms. The molecular formula is C19H26N4O4S. The van der Waals surface area contributed by atoms with Crippen LogP contribution in [0.2, 0.25) is 0 Å². The van der Waals surface area contributed by atoms with E-state index in [1.165, 1.54) is 10.6 Å². The Kier molecular flexibility index (Phi) is 5.07. The Hall–Kier alpha value is -2.10. The number of nitrogens with zero attached hydrogens (tertiary/aromatic N) is 4. The molecule has 0 saturated carbocycles. The fourth-order valence-electron chi connectivity index (χ4n) is 4.04. The number of aliphatic hydroxyl groups excluding tert-OH is 1. The number of fused-ring (bicyclic) bond motifs is 1. The summed E-state index contributed by atoms with van der Waals surface area (Å²) < 4.78 is 26.9. The summed E-state index contributed by atoms with van der Waals surface area (Å²) in [4.78, 5) is 16.7. The van der Waals surface area contributed by atoms with Gasteiger partial charge < -0.3 is 19.3 Å². The number of β-amino-alcohol motifs (C(OH)–C–C–N with tert-alkyl or cyclic N) is 1. The maximum atomic E-state index is 12.9. The molecule has 2 aliphatic heterocycles. The third kappa shape index (κ3) is 3.74. The number of hydrogen-bond donors (Lipinski definition) is 1. The fourth-order valence-corrected chi connectivity index (χ4v) is 4.87. The van der Waals surface area contributed by atoms with Crippen molar-refractivity contribution in [1.29, 1.82) is 0 Å². The summed E-state index contributed by atoms with van der Waals surface area (Å²) in [5.41, 5.74) is 1.57. The Morgan fingerprint density at radius 3 is 2.46 bits per heavy atom. The first-order valence-electron chi connectivity index (χ1n) is 9.61. The summed E-state index contributed by atoms with van der Waals surface area (Å²) in [6.45, 7) is 3.17. The van der Waals surface area contributed by atoms with E-state index in [0.717, 1.165) is 24.2 Å². The number of aromatic nitrogens is 1. The minimum Gasteiger partial charge on any atom is -0.391 e. The first-order valence-corrected chi connectivity index (χ1v) is 11.5. The van der Waals surface area contributed by atoms with Crippen molar-refractivity contribution in [2.24, 2.45) is 0 Å². The number of piperazine rings is 1. The van der Waals surface area contributed by atoms with Crippen molar-refractivity contribution in [3.63, 3.8) is 0 Å². The van der Waals surface area contributed by atoms with Crippen molar-refractivity contribution in [1.82, 2.24) is 13.6 Å². The van der Waals surface area contributed by atoms with Gasteiger partial charge in [0.1, 0.15) is 5.82 Å². The zero-order valence-electron chi connectivity index (χ0n) is 16.0. The van der Waals surface area contributed by atoms with Crippen LogP contribution in [0.3, 0.4) is 0 Å². The highest BCUT2D eigenvalue weighted by molar-refractivity contribution is 7.88. The number of sulfonamides is 1. The summed E-state index contributed by atoms with van der Waals surface area (Å²) in [5, 5.41) is 9.85. The normalized spacial score (nSPS) is 22.0. The Morgan fingerprint density at radius 1 is 1.07 bits per heavy atom. The Labute approximate surface area is 165 Å². The van der Waals surface area contributed by atoms with Gasteiger partial charge >= 0.3 is 0 Å². The smallest absolute Gasteiger partial charge is 0.255 e. The third-order valence-electron chi connectivity index (χ3n) is 5.59. The molecule has 0 bridgehead atoms. The van der Waals surface area contributed by atoms with Gasteiger partial charge in [-0.25, -0.2) is 8.42 Å². The monoisotopic (exact) mass is 406 g/mol. The maximum absolute atomic E-state index is 12.9. The molecule has 2 fully saturated rings. The van der Waals surface area contributed by atoms with E-state index in [9.17, 15) is 18.3 Å². The Bertz CT molecular complexity index is 979. The van der Waals surface area contributed by atoms with Gasteiger partial charge in [0.15, 0.2) is 0 Å². The summed E-state index contributed by atoms with van der Waals surface area (Å²) in [6.07, 6.45) is 4.19. The summed E-state index contributed by atoms with van der Waals surface area (Å²) in [7, 11) is -3.17. The van der Waals surface area contributed by atoms with E-state index in [1.807, 2.05) is 34.9 Å². The van der Waals surface area contributed by atoms with Crippen LogP contribution in [0.4, 0.5) is 5.82 Å². The highest BCUT2D eigenvalue weighted by Crippen LogP contribution is 2.23. The number of rotatable bonds is 3. The van der Waals surface area contributed by atoms with Crippen LogP contribution in [-0.4, -0.2) is 84.7 Å². The van der Waals surface area contributed by atoms with Gasteiger partial charge in [0.25, 0.3) is 5.91 Å². The van der Waals surface area contributed by atoms with Crippen LogP contribution in [0.15, 0.2) is 30.5 Å². The first-order chi connectivity index (χ1) is 13.3. The number of carbonyl (C=O) groups is 1. The van der Waals surface area contributed by atoms with Crippen molar-refractivity contribution in [2.45, 2.75) is 18.9 Å². The molecule has 1 atom stereocenters. The molecule has 2 saturated heterocycles. The number of amides is 1. The number of anilines is 1. The average molecular weight is 407 g/mol. The predicted octanol–water partition coefficient (Wildman–Crippen LogP) is 0.618. The van der Waals surface area contributed by atoms with Gasteiger partial charge in [-0.3, -0.25) is 4.79 Å². The van der Waals surface area contributed by atoms with Gasteiger partial charge in [0.05, 0.1) is 17.9 Å². The Balaban J connectivity index is 1.56. The fraction of sp³-hybridized carbons (Fsp3) is 0.526. The van der Waals surface area contributed by atoms with Crippen LogP contribution in [0, 0.1) is 0 Å². The number of hydrogen-bond acceptors (Lipinski definition) is 5. The van der Waals surface area contributed by atoms with Gasteiger partial charge in [0, 0.05) is 51.0 Å². The lowest BCUT2D eigenvalue weighted by atomic mass is 10.1. The molecule has 8 nitrogen and oxygen atoms in total. The van der Waals surface area contributed by atoms with Crippen molar-refractivity contribution < 1.29 is 18.3 Å². The second kappa shape index (κ2) is 7.38. The molecule has 4 heterocycles. The molecule has 0 aliphatic carbocycles. The maximum Gasteiger partial charge on any atom is 0.255 e. The molecule has 1 N–H and O–H groups in total. The number of piperidine rings is 1. The number of carbonyl (C=O) groups excluding carboxylic acids is 1. The van der Waals surface area contributed by atoms with Crippen LogP contribution in [0.25, 0.3) is 5.52 Å². The number of aliphatic hydroxyl groups is 1. The van der Waals surface area contributed by atoms with Gasteiger partial charge in [0.2, 0.25) is 10.0 Å². The van der Waals surface area contributed by atoms with Gasteiger partial charge in [-0.05, 0) is 37.1 Å². The van der Waals surface area contributed by atoms with Crippen LogP contribution < -0.4 is 4.90 Å². The van der Waals surface area contributed by atoms with Gasteiger partial charge in [-0.2, -0.15) is 4.31 Å². The molecular weight excluding hydrogens is 380 g/mol. The highest BCUT2D eigenvalue weighted by atomic mass is 32.2. The molecule has 0 unspecified atom stereocenters. The van der Waals surface area contributed by atoms with E-state index in [-0.39, 0.29) is 5.91 Å². The van der Waals surface area contributed by atoms with Crippen molar-refractivity contribution >= 4 is 27.3 Å². The Morgan fingerprint density at radius 2 is 1.79 bits per heavy atom. The van der Waals surface area contributed by atoms with Crippen molar-refractivity contribution in [3.05, 3.63) is 36.0 Å². The van der Waals surface area contributed by atoms with E-state index in [2.05, 4.69) is 4.90 Å². The van der Waals surface area contributed by atoms with Crippen LogP contribution >= 0.6 is 0 Å². The SMILES string of the molecule is CS(=O)(=O)N1CCN(c2ccc3ccc(C(=O)N4CCC[C@@H](O)C4)cn23)CC1. The lowest BCUT2D eigenvalue weighted by molar-refractivity contribution is 0.0473. The topological polar surface area (TPSA) is 85.6 Å². The summed E-state index contributed by atoms with van der Waals surface area (Å²) in [6, 6.07) is 7.75. The molecule has 1 amide bonds. The zero-order chi connectivity index (χ0) is 19.9. The lowest BCUT2D eigenvalue weighted by Gasteiger charge is -2.34. The quantitative estimate of drug-likeness (QED) is 0.808. The minimum absolute atomic E-state index is 0.0674. The molecule has 152 valence electrons. The summed E-state index contributed by atoms with van der Waals surface area (Å²) >= 11 is 0. The molecule has 4 rings (SSSR count). The van der Waals surface area contributed by atoms with E-state index in [0.29, 0.717) is 44.8 Å². The van der Waals surface area contributed by atoms with E-state index < -0.39 is 16.1 Å². The van der Waals surface area contributed by atoms with Crippen molar-refractivity contribution in [3.8, 4) is 0 Å². The van der Waals surface area contributed by atoms with Crippen LogP contribution in [0.5, 0.6) is 0 Å². The molecule has 9 heteroatoms. The number of pyridine rings is 1. The minimum atomic E-state index is -3.17. The second-order valence-electron chi connectivity index (χ2n) is 7.60. The van der Waals surface area contributed by atoms with E-state index in [1.54, 1.807) is 4.90 Å². The third-order valence-corrected chi connectivity index (χ3v) is 6.90. The molecule has 0 radical (unpaired) electrons. The zero-order valence-corrected chi connectivity index (χ0v) is 16.8. The second-order valence-corrected chi connectivity index (χ2v) is 9.58. The lowest BCUT2D eigenvalue weighted by Crippen LogP contribution is -2.48. The number of likely N-dealkylation sites (tertiary alicyclic amines) is 1. The first kappa shape index (κ1) is 19.2. The largest absolute Gasteiger partial charge is 0.391 e. The molecule has 2 aromatic rings. The van der Waals surface area contributed by atoms with Crippen LogP contribution in [0.1, 0.15) is 23.2 Å². The average Bonchev–Trinajstić information content (AvgIpc) is 3.10. The summed E-state index contributed by atoms with van der Waals surface area (Å²) in [5.74, 6) is 0.888. The predicted molar refractivity (Wildman–Crippen MR) is 107 cm³/mol.